The molecule has 2 amide bonds. The average molecular weight is 350 g/mol. The Kier molecular flexibility index (Phi) is 4.43. The topological polar surface area (TPSA) is 49.4 Å². The number of nitrogens with one attached hydrogen (secondary N) is 1. The van der Waals surface area contributed by atoms with Crippen molar-refractivity contribution in [3.8, 4) is 0 Å². The van der Waals surface area contributed by atoms with Crippen molar-refractivity contribution >= 4 is 28.3 Å². The molecule has 26 heavy (non-hydrogen) atoms. The van der Waals surface area contributed by atoms with E-state index in [1.807, 2.05) is 24.8 Å². The molecular formula is C22H26N2O2. The first-order valence-corrected chi connectivity index (χ1v) is 9.67. The summed E-state index contributed by atoms with van der Waals surface area (Å²) in [6.45, 7) is 5.21. The third kappa shape index (κ3) is 2.98. The van der Waals surface area contributed by atoms with Crippen LogP contribution in [0.4, 0.5) is 5.69 Å². The lowest BCUT2D eigenvalue weighted by molar-refractivity contribution is -0.137. The second-order valence-electron chi connectivity index (χ2n) is 7.86. The van der Waals surface area contributed by atoms with Crippen molar-refractivity contribution in [2.75, 3.05) is 18.4 Å². The maximum absolute atomic E-state index is 12.8. The molecule has 1 aliphatic heterocycles. The summed E-state index contributed by atoms with van der Waals surface area (Å²) >= 11 is 0. The van der Waals surface area contributed by atoms with Gasteiger partial charge >= 0.3 is 0 Å². The van der Waals surface area contributed by atoms with Gasteiger partial charge in [-0.05, 0) is 48.3 Å². The van der Waals surface area contributed by atoms with Gasteiger partial charge in [-0.1, -0.05) is 38.1 Å². The van der Waals surface area contributed by atoms with E-state index in [9.17, 15) is 9.59 Å². The number of aryl methyl sites for hydroxylation is 2. The number of carbonyl (C=O) groups excluding carboxylic acids is 2. The smallest absolute Gasteiger partial charge is 0.227 e. The summed E-state index contributed by atoms with van der Waals surface area (Å²) in [5, 5.41) is 5.63. The highest BCUT2D eigenvalue weighted by Crippen LogP contribution is 2.35. The summed E-state index contributed by atoms with van der Waals surface area (Å²) < 4.78 is 0. The third-order valence-corrected chi connectivity index (χ3v) is 5.81. The monoisotopic (exact) mass is 350 g/mol. The second-order valence-corrected chi connectivity index (χ2v) is 7.86. The van der Waals surface area contributed by atoms with Crippen molar-refractivity contribution in [3.63, 3.8) is 0 Å². The SMILES string of the molecule is CC(C)C(=O)N1CCC(C(=O)Nc2ccc3c4c(cccc24)CC3)CC1. The number of rotatable bonds is 3. The minimum atomic E-state index is -0.0192. The Morgan fingerprint density at radius 3 is 2.42 bits per heavy atom. The number of hydrogen-bond acceptors (Lipinski definition) is 2. The van der Waals surface area contributed by atoms with Gasteiger partial charge < -0.3 is 10.2 Å². The Morgan fingerprint density at radius 2 is 1.73 bits per heavy atom. The summed E-state index contributed by atoms with van der Waals surface area (Å²) in [7, 11) is 0. The fourth-order valence-electron chi connectivity index (χ4n) is 4.32. The van der Waals surface area contributed by atoms with E-state index >= 15 is 0 Å². The van der Waals surface area contributed by atoms with E-state index in [-0.39, 0.29) is 23.7 Å². The maximum atomic E-state index is 12.8. The maximum Gasteiger partial charge on any atom is 0.227 e. The van der Waals surface area contributed by atoms with E-state index in [0.717, 1.165) is 36.8 Å². The summed E-state index contributed by atoms with van der Waals surface area (Å²) in [5.74, 6) is 0.278. The zero-order valence-corrected chi connectivity index (χ0v) is 15.5. The van der Waals surface area contributed by atoms with E-state index < -0.39 is 0 Å². The summed E-state index contributed by atoms with van der Waals surface area (Å²) in [4.78, 5) is 26.8. The van der Waals surface area contributed by atoms with Gasteiger partial charge in [0.15, 0.2) is 0 Å². The number of carbonyl (C=O) groups is 2. The van der Waals surface area contributed by atoms with Crippen LogP contribution < -0.4 is 5.32 Å². The van der Waals surface area contributed by atoms with Gasteiger partial charge in [-0.25, -0.2) is 0 Å². The van der Waals surface area contributed by atoms with E-state index in [2.05, 4.69) is 29.6 Å². The van der Waals surface area contributed by atoms with Crippen molar-refractivity contribution in [3.05, 3.63) is 41.5 Å². The van der Waals surface area contributed by atoms with Crippen molar-refractivity contribution in [1.82, 2.24) is 4.90 Å². The van der Waals surface area contributed by atoms with Gasteiger partial charge in [-0.3, -0.25) is 9.59 Å². The van der Waals surface area contributed by atoms with E-state index in [4.69, 9.17) is 0 Å². The molecule has 4 nitrogen and oxygen atoms in total. The van der Waals surface area contributed by atoms with Gasteiger partial charge in [0.1, 0.15) is 0 Å². The quantitative estimate of drug-likeness (QED) is 0.916. The van der Waals surface area contributed by atoms with E-state index in [1.54, 1.807) is 0 Å². The summed E-state index contributed by atoms with van der Waals surface area (Å²) in [6.07, 6.45) is 3.66. The summed E-state index contributed by atoms with van der Waals surface area (Å²) in [6, 6.07) is 10.6. The number of anilines is 1. The normalized spacial score (nSPS) is 17.1. The van der Waals surface area contributed by atoms with Crippen molar-refractivity contribution < 1.29 is 9.59 Å². The number of likely N-dealkylation sites (tertiary alicyclic amines) is 1. The van der Waals surface area contributed by atoms with Gasteiger partial charge in [0.2, 0.25) is 11.8 Å². The lowest BCUT2D eigenvalue weighted by Gasteiger charge is -2.32. The Hall–Kier alpha value is -2.36. The van der Waals surface area contributed by atoms with Crippen LogP contribution in [0.3, 0.4) is 0 Å². The molecule has 136 valence electrons. The van der Waals surface area contributed by atoms with Crippen LogP contribution in [0.1, 0.15) is 37.8 Å². The Labute approximate surface area is 154 Å². The van der Waals surface area contributed by atoms with Crippen LogP contribution >= 0.6 is 0 Å². The highest BCUT2D eigenvalue weighted by Gasteiger charge is 2.28. The molecule has 0 unspecified atom stereocenters. The molecule has 0 spiro atoms. The average Bonchev–Trinajstić information content (AvgIpc) is 3.08. The third-order valence-electron chi connectivity index (χ3n) is 5.81. The second kappa shape index (κ2) is 6.75. The molecule has 0 bridgehead atoms. The Balaban J connectivity index is 1.47. The molecule has 2 aliphatic rings. The molecule has 1 N–H and O–H groups in total. The van der Waals surface area contributed by atoms with Crippen LogP contribution in [-0.2, 0) is 22.4 Å². The molecule has 0 atom stereocenters. The number of nitrogens with zero attached hydrogens (tertiary/aromatic N) is 1. The van der Waals surface area contributed by atoms with Crippen LogP contribution in [0, 0.1) is 11.8 Å². The molecule has 0 radical (unpaired) electrons. The zero-order chi connectivity index (χ0) is 18.3. The number of piperidine rings is 1. The lowest BCUT2D eigenvalue weighted by Crippen LogP contribution is -2.43. The molecule has 1 aliphatic carbocycles. The first-order valence-electron chi connectivity index (χ1n) is 9.67. The number of hydrogen-bond donors (Lipinski definition) is 1. The minimum Gasteiger partial charge on any atom is -0.342 e. The molecule has 4 rings (SSSR count). The highest BCUT2D eigenvalue weighted by atomic mass is 16.2. The van der Waals surface area contributed by atoms with Crippen LogP contribution in [0.2, 0.25) is 0 Å². The molecule has 1 fully saturated rings. The molecule has 0 saturated carbocycles. The number of benzene rings is 2. The van der Waals surface area contributed by atoms with Crippen LogP contribution in [-0.4, -0.2) is 29.8 Å². The largest absolute Gasteiger partial charge is 0.342 e. The Bertz CT molecular complexity index is 854. The molecule has 0 aromatic heterocycles. The molecule has 2 aromatic carbocycles. The lowest BCUT2D eigenvalue weighted by atomic mass is 9.94. The first kappa shape index (κ1) is 17.1. The van der Waals surface area contributed by atoms with Crippen molar-refractivity contribution in [2.45, 2.75) is 39.5 Å². The molecule has 4 heteroatoms. The van der Waals surface area contributed by atoms with Gasteiger partial charge in [0.25, 0.3) is 0 Å². The fourth-order valence-corrected chi connectivity index (χ4v) is 4.32. The van der Waals surface area contributed by atoms with Crippen LogP contribution in [0.5, 0.6) is 0 Å². The van der Waals surface area contributed by atoms with Gasteiger partial charge in [-0.15, -0.1) is 0 Å². The van der Waals surface area contributed by atoms with Crippen molar-refractivity contribution in [2.24, 2.45) is 11.8 Å². The van der Waals surface area contributed by atoms with Crippen molar-refractivity contribution in [1.29, 1.82) is 0 Å². The predicted octanol–water partition coefficient (Wildman–Crippen LogP) is 3.77. The predicted molar refractivity (Wildman–Crippen MR) is 104 cm³/mol. The van der Waals surface area contributed by atoms with Crippen LogP contribution in [0.25, 0.3) is 10.8 Å². The van der Waals surface area contributed by atoms with Gasteiger partial charge in [0.05, 0.1) is 0 Å². The molecule has 2 aromatic rings. The Morgan fingerprint density at radius 1 is 1.04 bits per heavy atom. The van der Waals surface area contributed by atoms with Crippen LogP contribution in [0.15, 0.2) is 30.3 Å². The highest BCUT2D eigenvalue weighted by molar-refractivity contribution is 6.05. The van der Waals surface area contributed by atoms with E-state index in [1.165, 1.54) is 16.5 Å². The molecule has 1 saturated heterocycles. The standard InChI is InChI=1S/C22H26N2O2/c1-14(2)22(26)24-12-10-17(11-13-24)21(25)23-19-9-8-16-7-6-15-4-3-5-18(19)20(15)16/h3-5,8-9,14,17H,6-7,10-13H2,1-2H3,(H,23,25). The first-order chi connectivity index (χ1) is 12.5. The van der Waals surface area contributed by atoms with E-state index in [0.29, 0.717) is 13.1 Å². The summed E-state index contributed by atoms with van der Waals surface area (Å²) in [5.41, 5.74) is 3.68. The fraction of sp³-hybridized carbons (Fsp3) is 0.455. The van der Waals surface area contributed by atoms with Gasteiger partial charge in [0, 0.05) is 36.0 Å². The zero-order valence-electron chi connectivity index (χ0n) is 15.5. The van der Waals surface area contributed by atoms with Gasteiger partial charge in [-0.2, -0.15) is 0 Å². The number of amides is 2. The minimum absolute atomic E-state index is 0.0192. The molecule has 1 heterocycles. The molecular weight excluding hydrogens is 324 g/mol.